The molecule has 1 aliphatic heterocycles. The van der Waals surface area contributed by atoms with Crippen LogP contribution in [0.15, 0.2) is 0 Å². The maximum absolute atomic E-state index is 12.5. The summed E-state index contributed by atoms with van der Waals surface area (Å²) in [7, 11) is 2.12. The molecule has 1 heterocycles. The molecule has 0 aromatic heterocycles. The molecule has 0 bridgehead atoms. The first kappa shape index (κ1) is 14.7. The van der Waals surface area contributed by atoms with Crippen molar-refractivity contribution in [3.8, 4) is 0 Å². The Morgan fingerprint density at radius 3 is 2.58 bits per heavy atom. The van der Waals surface area contributed by atoms with E-state index in [1.807, 2.05) is 0 Å². The quantitative estimate of drug-likeness (QED) is 0.767. The fourth-order valence-corrected chi connectivity index (χ4v) is 3.65. The van der Waals surface area contributed by atoms with Crippen LogP contribution in [0.4, 0.5) is 0 Å². The molecule has 2 aliphatic rings. The van der Waals surface area contributed by atoms with E-state index in [1.165, 1.54) is 12.8 Å². The zero-order valence-corrected chi connectivity index (χ0v) is 12.6. The smallest absolute Gasteiger partial charge is 0.233 e. The third-order valence-electron chi connectivity index (χ3n) is 4.78. The molecule has 0 radical (unpaired) electrons. The molecular weight excluding hydrogens is 258 g/mol. The predicted octanol–water partition coefficient (Wildman–Crippen LogP) is 1.43. The van der Waals surface area contributed by atoms with Crippen molar-refractivity contribution >= 4 is 23.1 Å². The van der Waals surface area contributed by atoms with Gasteiger partial charge in [0.1, 0.15) is 0 Å². The van der Waals surface area contributed by atoms with Gasteiger partial charge in [-0.05, 0) is 39.3 Å². The van der Waals surface area contributed by atoms with Crippen molar-refractivity contribution in [2.24, 2.45) is 11.1 Å². The maximum Gasteiger partial charge on any atom is 0.233 e. The van der Waals surface area contributed by atoms with Gasteiger partial charge in [0.05, 0.1) is 10.4 Å². The number of amides is 1. The van der Waals surface area contributed by atoms with Crippen LogP contribution in [0.25, 0.3) is 0 Å². The first-order valence-corrected chi connectivity index (χ1v) is 7.75. The van der Waals surface area contributed by atoms with Crippen molar-refractivity contribution in [1.29, 1.82) is 0 Å². The lowest BCUT2D eigenvalue weighted by Crippen LogP contribution is -2.52. The van der Waals surface area contributed by atoms with Crippen molar-refractivity contribution in [3.63, 3.8) is 0 Å². The summed E-state index contributed by atoms with van der Waals surface area (Å²) in [4.78, 5) is 15.2. The molecule has 0 spiro atoms. The van der Waals surface area contributed by atoms with Gasteiger partial charge in [-0.2, -0.15) is 0 Å². The molecule has 2 fully saturated rings. The van der Waals surface area contributed by atoms with Crippen molar-refractivity contribution in [2.45, 2.75) is 51.0 Å². The van der Waals surface area contributed by atoms with Gasteiger partial charge in [-0.25, -0.2) is 0 Å². The van der Waals surface area contributed by atoms with Crippen LogP contribution in [0.1, 0.15) is 44.9 Å². The van der Waals surface area contributed by atoms with E-state index in [0.717, 1.165) is 45.2 Å². The second-order valence-corrected chi connectivity index (χ2v) is 6.43. The fourth-order valence-electron chi connectivity index (χ4n) is 3.36. The molecule has 1 saturated heterocycles. The minimum atomic E-state index is -0.579. The molecule has 3 N–H and O–H groups in total. The summed E-state index contributed by atoms with van der Waals surface area (Å²) in [5.74, 6) is 0.0556. The third kappa shape index (κ3) is 3.08. The van der Waals surface area contributed by atoms with Crippen LogP contribution < -0.4 is 11.1 Å². The molecule has 19 heavy (non-hydrogen) atoms. The standard InChI is InChI=1S/C14H25N3OS/c1-17-9-5-6-11(17)10-16-13(18)14(12(15)19)7-3-2-4-8-14/h11H,2-10H2,1H3,(H2,15,19)(H,16,18). The third-order valence-corrected chi connectivity index (χ3v) is 5.17. The van der Waals surface area contributed by atoms with Gasteiger partial charge in [0.15, 0.2) is 0 Å². The van der Waals surface area contributed by atoms with Crippen molar-refractivity contribution in [3.05, 3.63) is 0 Å². The number of likely N-dealkylation sites (N-methyl/N-ethyl adjacent to an activating group) is 1. The van der Waals surface area contributed by atoms with Gasteiger partial charge >= 0.3 is 0 Å². The van der Waals surface area contributed by atoms with Gasteiger partial charge in [0.2, 0.25) is 5.91 Å². The second kappa shape index (κ2) is 6.18. The van der Waals surface area contributed by atoms with E-state index in [0.29, 0.717) is 11.0 Å². The van der Waals surface area contributed by atoms with Gasteiger partial charge in [0.25, 0.3) is 0 Å². The first-order valence-electron chi connectivity index (χ1n) is 7.35. The first-order chi connectivity index (χ1) is 9.06. The molecule has 1 aliphatic carbocycles. The molecule has 1 atom stereocenters. The zero-order chi connectivity index (χ0) is 13.9. The van der Waals surface area contributed by atoms with Crippen LogP contribution in [0.2, 0.25) is 0 Å². The number of carbonyl (C=O) groups excluding carboxylic acids is 1. The van der Waals surface area contributed by atoms with E-state index >= 15 is 0 Å². The Balaban J connectivity index is 1.94. The number of nitrogens with two attached hydrogens (primary N) is 1. The lowest BCUT2D eigenvalue weighted by atomic mass is 9.73. The highest BCUT2D eigenvalue weighted by atomic mass is 32.1. The minimum absolute atomic E-state index is 0.0556. The summed E-state index contributed by atoms with van der Waals surface area (Å²) >= 11 is 5.18. The number of likely N-dealkylation sites (tertiary alicyclic amines) is 1. The van der Waals surface area contributed by atoms with Crippen LogP contribution in [-0.4, -0.2) is 42.0 Å². The highest BCUT2D eigenvalue weighted by Gasteiger charge is 2.42. The largest absolute Gasteiger partial charge is 0.392 e. The van der Waals surface area contributed by atoms with Crippen LogP contribution in [-0.2, 0) is 4.79 Å². The van der Waals surface area contributed by atoms with Gasteiger partial charge in [-0.15, -0.1) is 0 Å². The summed E-state index contributed by atoms with van der Waals surface area (Å²) in [5, 5.41) is 3.10. The Morgan fingerprint density at radius 1 is 1.37 bits per heavy atom. The lowest BCUT2D eigenvalue weighted by Gasteiger charge is -2.35. The van der Waals surface area contributed by atoms with E-state index in [4.69, 9.17) is 18.0 Å². The van der Waals surface area contributed by atoms with Gasteiger partial charge in [-0.3, -0.25) is 4.79 Å². The van der Waals surface area contributed by atoms with Gasteiger partial charge < -0.3 is 16.0 Å². The maximum atomic E-state index is 12.5. The average Bonchev–Trinajstić information content (AvgIpc) is 2.82. The van der Waals surface area contributed by atoms with E-state index < -0.39 is 5.41 Å². The van der Waals surface area contributed by atoms with E-state index in [-0.39, 0.29) is 5.91 Å². The molecular formula is C14H25N3OS. The molecule has 0 aromatic rings. The Labute approximate surface area is 121 Å². The minimum Gasteiger partial charge on any atom is -0.392 e. The monoisotopic (exact) mass is 283 g/mol. The highest BCUT2D eigenvalue weighted by molar-refractivity contribution is 7.80. The normalized spacial score (nSPS) is 27.1. The number of nitrogens with one attached hydrogen (secondary N) is 1. The van der Waals surface area contributed by atoms with Crippen molar-refractivity contribution < 1.29 is 4.79 Å². The summed E-state index contributed by atoms with van der Waals surface area (Å²) in [6.45, 7) is 1.85. The van der Waals surface area contributed by atoms with Gasteiger partial charge in [-0.1, -0.05) is 31.5 Å². The molecule has 5 heteroatoms. The van der Waals surface area contributed by atoms with Crippen LogP contribution in [0.3, 0.4) is 0 Å². The topological polar surface area (TPSA) is 58.4 Å². The Morgan fingerprint density at radius 2 is 2.05 bits per heavy atom. The van der Waals surface area contributed by atoms with Crippen molar-refractivity contribution in [1.82, 2.24) is 10.2 Å². The number of carbonyl (C=O) groups is 1. The van der Waals surface area contributed by atoms with Gasteiger partial charge in [0, 0.05) is 12.6 Å². The Hall–Kier alpha value is -0.680. The fraction of sp³-hybridized carbons (Fsp3) is 0.857. The summed E-state index contributed by atoms with van der Waals surface area (Å²) in [5.41, 5.74) is 5.30. The zero-order valence-electron chi connectivity index (χ0n) is 11.8. The molecule has 1 amide bonds. The number of rotatable bonds is 4. The number of hydrogen-bond acceptors (Lipinski definition) is 3. The Bertz CT molecular complexity index is 353. The molecule has 0 aromatic carbocycles. The molecule has 1 saturated carbocycles. The summed E-state index contributed by atoms with van der Waals surface area (Å²) in [6.07, 6.45) is 7.29. The summed E-state index contributed by atoms with van der Waals surface area (Å²) < 4.78 is 0. The molecule has 1 unspecified atom stereocenters. The number of thiocarbonyl (C=S) groups is 1. The molecule has 4 nitrogen and oxygen atoms in total. The second-order valence-electron chi connectivity index (χ2n) is 5.99. The van der Waals surface area contributed by atoms with E-state index in [2.05, 4.69) is 17.3 Å². The lowest BCUT2D eigenvalue weighted by molar-refractivity contribution is -0.129. The van der Waals surface area contributed by atoms with E-state index in [9.17, 15) is 4.79 Å². The average molecular weight is 283 g/mol. The highest BCUT2D eigenvalue weighted by Crippen LogP contribution is 2.37. The van der Waals surface area contributed by atoms with Crippen LogP contribution in [0.5, 0.6) is 0 Å². The van der Waals surface area contributed by atoms with Crippen LogP contribution in [0, 0.1) is 5.41 Å². The van der Waals surface area contributed by atoms with Crippen molar-refractivity contribution in [2.75, 3.05) is 20.1 Å². The summed E-state index contributed by atoms with van der Waals surface area (Å²) in [6, 6.07) is 0.468. The number of nitrogens with zero attached hydrogens (tertiary/aromatic N) is 1. The van der Waals surface area contributed by atoms with Crippen LogP contribution >= 0.6 is 12.2 Å². The number of hydrogen-bond donors (Lipinski definition) is 2. The molecule has 2 rings (SSSR count). The SMILES string of the molecule is CN1CCCC1CNC(=O)C1(C(N)=S)CCCCC1. The predicted molar refractivity (Wildman–Crippen MR) is 81.0 cm³/mol. The Kier molecular flexibility index (Phi) is 4.79. The van der Waals surface area contributed by atoms with E-state index in [1.54, 1.807) is 0 Å². The molecule has 108 valence electrons.